The van der Waals surface area contributed by atoms with Gasteiger partial charge in [0.25, 0.3) is 11.8 Å². The third kappa shape index (κ3) is 4.18. The highest BCUT2D eigenvalue weighted by Crippen LogP contribution is 2.29. The SMILES string of the molecule is Cc1nc(-c2ccccc2)sc1C(=O)Nc1ccc(C(=O)N(C)C)c(Cl)c1. The third-order valence-corrected chi connectivity index (χ3v) is 5.41. The first kappa shape index (κ1) is 19.1. The smallest absolute Gasteiger partial charge is 0.267 e. The molecule has 0 unspecified atom stereocenters. The Morgan fingerprint density at radius 3 is 2.44 bits per heavy atom. The molecule has 0 atom stereocenters. The molecule has 0 aliphatic heterocycles. The van der Waals surface area contributed by atoms with E-state index in [4.69, 9.17) is 11.6 Å². The fraction of sp³-hybridized carbons (Fsp3) is 0.150. The van der Waals surface area contributed by atoms with Crippen LogP contribution >= 0.6 is 22.9 Å². The predicted molar refractivity (Wildman–Crippen MR) is 110 cm³/mol. The maximum atomic E-state index is 12.7. The van der Waals surface area contributed by atoms with Crippen molar-refractivity contribution in [2.45, 2.75) is 6.92 Å². The maximum Gasteiger partial charge on any atom is 0.267 e. The van der Waals surface area contributed by atoms with Gasteiger partial charge >= 0.3 is 0 Å². The van der Waals surface area contributed by atoms with Crippen molar-refractivity contribution in [3.05, 3.63) is 69.7 Å². The molecule has 2 amide bonds. The monoisotopic (exact) mass is 399 g/mol. The minimum atomic E-state index is -0.255. The van der Waals surface area contributed by atoms with E-state index in [0.29, 0.717) is 21.8 Å². The number of carbonyl (C=O) groups excluding carboxylic acids is 2. The van der Waals surface area contributed by atoms with Gasteiger partial charge in [-0.3, -0.25) is 9.59 Å². The molecule has 0 radical (unpaired) electrons. The molecule has 3 aromatic rings. The Balaban J connectivity index is 1.81. The van der Waals surface area contributed by atoms with Crippen molar-refractivity contribution in [2.24, 2.45) is 0 Å². The quantitative estimate of drug-likeness (QED) is 0.690. The Labute approximate surface area is 166 Å². The average molecular weight is 400 g/mol. The number of thiazole rings is 1. The largest absolute Gasteiger partial charge is 0.345 e. The summed E-state index contributed by atoms with van der Waals surface area (Å²) in [4.78, 5) is 31.2. The van der Waals surface area contributed by atoms with Gasteiger partial charge in [-0.1, -0.05) is 41.9 Å². The first-order valence-electron chi connectivity index (χ1n) is 8.22. The lowest BCUT2D eigenvalue weighted by Gasteiger charge is -2.12. The summed E-state index contributed by atoms with van der Waals surface area (Å²) >= 11 is 7.54. The van der Waals surface area contributed by atoms with Gasteiger partial charge in [0, 0.05) is 25.3 Å². The van der Waals surface area contributed by atoms with Crippen molar-refractivity contribution in [3.8, 4) is 10.6 Å². The number of rotatable bonds is 4. The Kier molecular flexibility index (Phi) is 5.58. The Morgan fingerprint density at radius 1 is 1.11 bits per heavy atom. The zero-order valence-corrected chi connectivity index (χ0v) is 16.7. The number of benzene rings is 2. The molecule has 0 fully saturated rings. The average Bonchev–Trinajstić information content (AvgIpc) is 3.04. The highest BCUT2D eigenvalue weighted by atomic mass is 35.5. The summed E-state index contributed by atoms with van der Waals surface area (Å²) < 4.78 is 0. The molecule has 0 bridgehead atoms. The van der Waals surface area contributed by atoms with E-state index in [9.17, 15) is 9.59 Å². The number of anilines is 1. The molecule has 0 aliphatic rings. The molecule has 1 heterocycles. The standard InChI is InChI=1S/C20H18ClN3O2S/c1-12-17(27-19(22-12)13-7-5-4-6-8-13)18(25)23-14-9-10-15(16(21)11-14)20(26)24(2)3/h4-11H,1-3H3,(H,23,25). The van der Waals surface area contributed by atoms with Gasteiger partial charge in [-0.05, 0) is 25.1 Å². The van der Waals surface area contributed by atoms with Crippen LogP contribution in [0.1, 0.15) is 25.7 Å². The number of hydrogen-bond acceptors (Lipinski definition) is 4. The fourth-order valence-corrected chi connectivity index (χ4v) is 3.73. The summed E-state index contributed by atoms with van der Waals surface area (Å²) in [6.45, 7) is 1.81. The summed E-state index contributed by atoms with van der Waals surface area (Å²) in [6.07, 6.45) is 0. The van der Waals surface area contributed by atoms with E-state index in [-0.39, 0.29) is 16.8 Å². The number of carbonyl (C=O) groups is 2. The molecule has 7 heteroatoms. The van der Waals surface area contributed by atoms with Gasteiger partial charge in [-0.25, -0.2) is 4.98 Å². The first-order valence-corrected chi connectivity index (χ1v) is 9.41. The number of amides is 2. The molecule has 3 rings (SSSR count). The fourth-order valence-electron chi connectivity index (χ4n) is 2.51. The molecule has 0 aliphatic carbocycles. The molecule has 0 saturated heterocycles. The second-order valence-electron chi connectivity index (χ2n) is 6.15. The molecule has 2 aromatic carbocycles. The topological polar surface area (TPSA) is 62.3 Å². The van der Waals surface area contributed by atoms with Crippen LogP contribution in [0.4, 0.5) is 5.69 Å². The number of hydrogen-bond donors (Lipinski definition) is 1. The van der Waals surface area contributed by atoms with Crippen molar-refractivity contribution in [3.63, 3.8) is 0 Å². The number of halogens is 1. The van der Waals surface area contributed by atoms with Gasteiger partial charge in [0.05, 0.1) is 16.3 Å². The van der Waals surface area contributed by atoms with E-state index in [0.717, 1.165) is 10.6 Å². The van der Waals surface area contributed by atoms with E-state index in [2.05, 4.69) is 10.3 Å². The number of nitrogens with one attached hydrogen (secondary N) is 1. The van der Waals surface area contributed by atoms with Crippen LogP contribution in [-0.4, -0.2) is 35.8 Å². The lowest BCUT2D eigenvalue weighted by Crippen LogP contribution is -2.22. The van der Waals surface area contributed by atoms with E-state index in [1.807, 2.05) is 37.3 Å². The lowest BCUT2D eigenvalue weighted by molar-refractivity contribution is 0.0827. The van der Waals surface area contributed by atoms with E-state index in [1.165, 1.54) is 16.2 Å². The van der Waals surface area contributed by atoms with E-state index in [1.54, 1.807) is 32.3 Å². The zero-order valence-electron chi connectivity index (χ0n) is 15.1. The second-order valence-corrected chi connectivity index (χ2v) is 7.55. The number of nitrogens with zero attached hydrogens (tertiary/aromatic N) is 2. The summed E-state index contributed by atoms with van der Waals surface area (Å²) in [7, 11) is 3.32. The summed E-state index contributed by atoms with van der Waals surface area (Å²) in [5, 5.41) is 3.91. The Bertz CT molecular complexity index is 1000. The first-order chi connectivity index (χ1) is 12.9. The highest BCUT2D eigenvalue weighted by Gasteiger charge is 2.18. The van der Waals surface area contributed by atoms with Crippen LogP contribution < -0.4 is 5.32 Å². The zero-order chi connectivity index (χ0) is 19.6. The van der Waals surface area contributed by atoms with Crippen LogP contribution in [0.3, 0.4) is 0 Å². The minimum absolute atomic E-state index is 0.191. The predicted octanol–water partition coefficient (Wildman–Crippen LogP) is 4.73. The van der Waals surface area contributed by atoms with E-state index < -0.39 is 0 Å². The van der Waals surface area contributed by atoms with Gasteiger partial charge in [0.1, 0.15) is 9.88 Å². The van der Waals surface area contributed by atoms with Gasteiger partial charge in [-0.2, -0.15) is 0 Å². The van der Waals surface area contributed by atoms with Gasteiger partial charge in [-0.15, -0.1) is 11.3 Å². The van der Waals surface area contributed by atoms with Crippen LogP contribution in [0.15, 0.2) is 48.5 Å². The van der Waals surface area contributed by atoms with Crippen LogP contribution in [0.5, 0.6) is 0 Å². The van der Waals surface area contributed by atoms with Crippen molar-refractivity contribution in [1.82, 2.24) is 9.88 Å². The molecule has 5 nitrogen and oxygen atoms in total. The molecule has 27 heavy (non-hydrogen) atoms. The van der Waals surface area contributed by atoms with Crippen LogP contribution in [0.2, 0.25) is 5.02 Å². The molecule has 0 spiro atoms. The van der Waals surface area contributed by atoms with Crippen LogP contribution in [0.25, 0.3) is 10.6 Å². The third-order valence-electron chi connectivity index (χ3n) is 3.89. The molecular weight excluding hydrogens is 382 g/mol. The molecule has 0 saturated carbocycles. The molecule has 1 aromatic heterocycles. The Morgan fingerprint density at radius 2 is 1.81 bits per heavy atom. The molecular formula is C20H18ClN3O2S. The summed E-state index contributed by atoms with van der Waals surface area (Å²) in [5.41, 5.74) is 2.55. The van der Waals surface area contributed by atoms with E-state index >= 15 is 0 Å². The van der Waals surface area contributed by atoms with Crippen molar-refractivity contribution in [2.75, 3.05) is 19.4 Å². The minimum Gasteiger partial charge on any atom is -0.345 e. The number of aryl methyl sites for hydroxylation is 1. The second kappa shape index (κ2) is 7.90. The highest BCUT2D eigenvalue weighted by molar-refractivity contribution is 7.17. The lowest BCUT2D eigenvalue weighted by atomic mass is 10.2. The van der Waals surface area contributed by atoms with Crippen molar-refractivity contribution < 1.29 is 9.59 Å². The Hall–Kier alpha value is -2.70. The normalized spacial score (nSPS) is 10.5. The molecule has 138 valence electrons. The maximum absolute atomic E-state index is 12.7. The summed E-state index contributed by atoms with van der Waals surface area (Å²) in [6, 6.07) is 14.6. The van der Waals surface area contributed by atoms with Gasteiger partial charge in [0.15, 0.2) is 0 Å². The van der Waals surface area contributed by atoms with Crippen LogP contribution in [0, 0.1) is 6.92 Å². The van der Waals surface area contributed by atoms with Crippen LogP contribution in [-0.2, 0) is 0 Å². The van der Waals surface area contributed by atoms with Gasteiger partial charge in [0.2, 0.25) is 0 Å². The van der Waals surface area contributed by atoms with Gasteiger partial charge < -0.3 is 10.2 Å². The van der Waals surface area contributed by atoms with Crippen molar-refractivity contribution >= 4 is 40.4 Å². The van der Waals surface area contributed by atoms with Crippen molar-refractivity contribution in [1.29, 1.82) is 0 Å². The summed E-state index contributed by atoms with van der Waals surface area (Å²) in [5.74, 6) is -0.446. The molecule has 1 N–H and O–H groups in total. The number of aromatic nitrogens is 1.